The van der Waals surface area contributed by atoms with Crippen molar-refractivity contribution in [3.8, 4) is 0 Å². The molecule has 2 aromatic rings. The Kier molecular flexibility index (Phi) is 8.34. The molecule has 0 aliphatic carbocycles. The molecule has 0 aliphatic heterocycles. The number of halogens is 2. The molecule has 0 saturated heterocycles. The van der Waals surface area contributed by atoms with Gasteiger partial charge in [0.05, 0.1) is 12.7 Å². The molecule has 0 saturated carbocycles. The third-order valence-electron chi connectivity index (χ3n) is 3.83. The number of carbonyl (C=O) groups is 1. The van der Waals surface area contributed by atoms with Crippen molar-refractivity contribution in [2.45, 2.75) is 12.7 Å². The maximum atomic E-state index is 13.7. The molecular weight excluding hydrogens is 407 g/mol. The number of esters is 1. The lowest BCUT2D eigenvalue weighted by Crippen LogP contribution is -2.30. The van der Waals surface area contributed by atoms with E-state index in [9.17, 15) is 9.18 Å². The number of thioether (sulfide) groups is 1. The van der Waals surface area contributed by atoms with Crippen molar-refractivity contribution in [3.63, 3.8) is 0 Å². The fraction of sp³-hybridized carbons (Fsp3) is 0.263. The van der Waals surface area contributed by atoms with Gasteiger partial charge in [-0.3, -0.25) is 0 Å². The highest BCUT2D eigenvalue weighted by molar-refractivity contribution is 7.98. The second-order valence-electron chi connectivity index (χ2n) is 5.60. The molecule has 0 aromatic heterocycles. The second kappa shape index (κ2) is 10.5. The first kappa shape index (κ1) is 21.5. The van der Waals surface area contributed by atoms with Crippen LogP contribution in [0, 0.1) is 12.7 Å². The standard InChI is InChI=1S/C19H20ClFN2O2S2/c1-12-13(18(24)25-2)5-3-8-17(12)23-19(26)22-9-10-27-11-14-15(20)6-4-7-16(14)21/h3-8H,9-11H2,1-2H3,(H2,22,23,26). The summed E-state index contributed by atoms with van der Waals surface area (Å²) in [6, 6.07) is 9.98. The van der Waals surface area contributed by atoms with E-state index in [4.69, 9.17) is 28.6 Å². The first-order chi connectivity index (χ1) is 12.9. The molecule has 2 aromatic carbocycles. The molecule has 2 N–H and O–H groups in total. The van der Waals surface area contributed by atoms with E-state index in [0.717, 1.165) is 17.0 Å². The van der Waals surface area contributed by atoms with Gasteiger partial charge in [-0.25, -0.2) is 9.18 Å². The van der Waals surface area contributed by atoms with E-state index in [1.807, 2.05) is 13.0 Å². The largest absolute Gasteiger partial charge is 0.465 e. The molecule has 2 rings (SSSR count). The SMILES string of the molecule is COC(=O)c1cccc(NC(=S)NCCSCc2c(F)cccc2Cl)c1C. The smallest absolute Gasteiger partial charge is 0.338 e. The van der Waals surface area contributed by atoms with E-state index in [1.165, 1.54) is 13.2 Å². The lowest BCUT2D eigenvalue weighted by Gasteiger charge is -2.14. The molecule has 4 nitrogen and oxygen atoms in total. The number of nitrogens with one attached hydrogen (secondary N) is 2. The van der Waals surface area contributed by atoms with Gasteiger partial charge in [0.1, 0.15) is 5.82 Å². The molecule has 0 atom stereocenters. The molecular formula is C19H20ClFN2O2S2. The number of hydrogen-bond donors (Lipinski definition) is 2. The summed E-state index contributed by atoms with van der Waals surface area (Å²) in [5, 5.41) is 7.06. The molecule has 0 aliphatic rings. The maximum absolute atomic E-state index is 13.7. The topological polar surface area (TPSA) is 50.4 Å². The van der Waals surface area contributed by atoms with Crippen LogP contribution in [-0.2, 0) is 10.5 Å². The number of rotatable bonds is 7. The molecule has 27 heavy (non-hydrogen) atoms. The number of methoxy groups -OCH3 is 1. The fourth-order valence-corrected chi connectivity index (χ4v) is 3.76. The van der Waals surface area contributed by atoms with Crippen LogP contribution in [0.4, 0.5) is 10.1 Å². The summed E-state index contributed by atoms with van der Waals surface area (Å²) < 4.78 is 18.5. The molecule has 144 valence electrons. The lowest BCUT2D eigenvalue weighted by molar-refractivity contribution is 0.0600. The summed E-state index contributed by atoms with van der Waals surface area (Å²) in [7, 11) is 1.35. The van der Waals surface area contributed by atoms with Gasteiger partial charge >= 0.3 is 5.97 Å². The normalized spacial score (nSPS) is 10.4. The molecule has 0 heterocycles. The second-order valence-corrected chi connectivity index (χ2v) is 7.52. The number of anilines is 1. The molecule has 0 unspecified atom stereocenters. The van der Waals surface area contributed by atoms with Crippen LogP contribution in [0.2, 0.25) is 5.02 Å². The van der Waals surface area contributed by atoms with Gasteiger partial charge in [-0.05, 0) is 49.0 Å². The van der Waals surface area contributed by atoms with Crippen molar-refractivity contribution < 1.29 is 13.9 Å². The quantitative estimate of drug-likeness (QED) is 0.377. The van der Waals surface area contributed by atoms with E-state index in [0.29, 0.717) is 33.6 Å². The number of thiocarbonyl (C=S) groups is 1. The summed E-state index contributed by atoms with van der Waals surface area (Å²) in [6.45, 7) is 2.43. The highest BCUT2D eigenvalue weighted by Gasteiger charge is 2.12. The molecule has 0 bridgehead atoms. The van der Waals surface area contributed by atoms with E-state index in [1.54, 1.807) is 36.0 Å². The van der Waals surface area contributed by atoms with Crippen molar-refractivity contribution in [2.24, 2.45) is 0 Å². The van der Waals surface area contributed by atoms with Gasteiger partial charge in [-0.15, -0.1) is 0 Å². The van der Waals surface area contributed by atoms with Gasteiger partial charge in [-0.1, -0.05) is 23.7 Å². The molecule has 0 radical (unpaired) electrons. The number of benzene rings is 2. The first-order valence-corrected chi connectivity index (χ1v) is 10.1. The van der Waals surface area contributed by atoms with E-state index < -0.39 is 5.97 Å². The first-order valence-electron chi connectivity index (χ1n) is 8.17. The minimum atomic E-state index is -0.391. The van der Waals surface area contributed by atoms with E-state index in [2.05, 4.69) is 10.6 Å². The zero-order valence-electron chi connectivity index (χ0n) is 15.0. The van der Waals surface area contributed by atoms with Crippen LogP contribution in [0.5, 0.6) is 0 Å². The van der Waals surface area contributed by atoms with Gasteiger partial charge in [-0.2, -0.15) is 11.8 Å². The zero-order chi connectivity index (χ0) is 19.8. The highest BCUT2D eigenvalue weighted by Crippen LogP contribution is 2.23. The fourth-order valence-electron chi connectivity index (χ4n) is 2.35. The van der Waals surface area contributed by atoms with E-state index in [-0.39, 0.29) is 5.82 Å². The van der Waals surface area contributed by atoms with Gasteiger partial charge in [0.25, 0.3) is 0 Å². The Balaban J connectivity index is 1.79. The summed E-state index contributed by atoms with van der Waals surface area (Å²) >= 11 is 12.9. The van der Waals surface area contributed by atoms with Gasteiger partial charge in [0, 0.05) is 34.3 Å². The average molecular weight is 427 g/mol. The van der Waals surface area contributed by atoms with Crippen LogP contribution in [0.3, 0.4) is 0 Å². The van der Waals surface area contributed by atoms with Crippen LogP contribution >= 0.6 is 35.6 Å². The van der Waals surface area contributed by atoms with Crippen molar-refractivity contribution in [1.82, 2.24) is 5.32 Å². The Morgan fingerprint density at radius 2 is 2.04 bits per heavy atom. The molecule has 0 fully saturated rings. The van der Waals surface area contributed by atoms with Crippen molar-refractivity contribution in [3.05, 3.63) is 63.9 Å². The summed E-state index contributed by atoms with van der Waals surface area (Å²) in [4.78, 5) is 11.7. The Hall–Kier alpha value is -1.83. The van der Waals surface area contributed by atoms with Gasteiger partial charge < -0.3 is 15.4 Å². The minimum absolute atomic E-state index is 0.291. The minimum Gasteiger partial charge on any atom is -0.465 e. The van der Waals surface area contributed by atoms with Crippen LogP contribution < -0.4 is 10.6 Å². The van der Waals surface area contributed by atoms with E-state index >= 15 is 0 Å². The monoisotopic (exact) mass is 426 g/mol. The third-order valence-corrected chi connectivity index (χ3v) is 5.41. The van der Waals surface area contributed by atoms with Crippen LogP contribution in [0.1, 0.15) is 21.5 Å². The number of ether oxygens (including phenoxy) is 1. The third kappa shape index (κ3) is 6.09. The van der Waals surface area contributed by atoms with Crippen molar-refractivity contribution in [2.75, 3.05) is 24.7 Å². The van der Waals surface area contributed by atoms with Crippen molar-refractivity contribution >= 4 is 52.3 Å². The Morgan fingerprint density at radius 1 is 1.30 bits per heavy atom. The predicted molar refractivity (Wildman–Crippen MR) is 114 cm³/mol. The van der Waals surface area contributed by atoms with Gasteiger partial charge in [0.2, 0.25) is 0 Å². The maximum Gasteiger partial charge on any atom is 0.338 e. The molecule has 0 spiro atoms. The van der Waals surface area contributed by atoms with Crippen molar-refractivity contribution in [1.29, 1.82) is 0 Å². The van der Waals surface area contributed by atoms with Crippen LogP contribution in [0.25, 0.3) is 0 Å². The van der Waals surface area contributed by atoms with Crippen LogP contribution in [-0.4, -0.2) is 30.5 Å². The van der Waals surface area contributed by atoms with Crippen LogP contribution in [0.15, 0.2) is 36.4 Å². The average Bonchev–Trinajstić information content (AvgIpc) is 2.64. The number of hydrogen-bond acceptors (Lipinski definition) is 4. The summed E-state index contributed by atoms with van der Waals surface area (Å²) in [6.07, 6.45) is 0. The molecule has 0 amide bonds. The zero-order valence-corrected chi connectivity index (χ0v) is 17.4. The lowest BCUT2D eigenvalue weighted by atomic mass is 10.1. The predicted octanol–water partition coefficient (Wildman–Crippen LogP) is 4.79. The summed E-state index contributed by atoms with van der Waals surface area (Å²) in [5.41, 5.74) is 2.50. The van der Waals surface area contributed by atoms with Gasteiger partial charge in [0.15, 0.2) is 5.11 Å². The Labute approximate surface area is 172 Å². The Bertz CT molecular complexity index is 813. The Morgan fingerprint density at radius 3 is 2.74 bits per heavy atom. The molecule has 8 heteroatoms. The number of carbonyl (C=O) groups excluding carboxylic acids is 1. The highest BCUT2D eigenvalue weighted by atomic mass is 35.5. The summed E-state index contributed by atoms with van der Waals surface area (Å²) in [5.74, 6) is 0.542.